The zero-order valence-electron chi connectivity index (χ0n) is 13.3. The van der Waals surface area contributed by atoms with Crippen LogP contribution in [0.15, 0.2) is 18.2 Å². The number of hydrogen-bond acceptors (Lipinski definition) is 2. The second-order valence-electron chi connectivity index (χ2n) is 7.52. The van der Waals surface area contributed by atoms with Crippen LogP contribution in [0.4, 0.5) is 0 Å². The van der Waals surface area contributed by atoms with Crippen LogP contribution in [0, 0.1) is 17.8 Å². The van der Waals surface area contributed by atoms with Gasteiger partial charge in [0.2, 0.25) is 0 Å². The molecule has 0 amide bonds. The predicted molar refractivity (Wildman–Crippen MR) is 85.6 cm³/mol. The van der Waals surface area contributed by atoms with E-state index in [0.717, 1.165) is 23.8 Å². The fourth-order valence-electron chi connectivity index (χ4n) is 5.43. The number of aromatic hydroxyl groups is 1. The summed E-state index contributed by atoms with van der Waals surface area (Å²) in [6.07, 6.45) is 5.32. The third kappa shape index (κ3) is 2.03. The molecule has 1 N–H and O–H groups in total. The predicted octanol–water partition coefficient (Wildman–Crippen LogP) is 3.79. The first-order chi connectivity index (χ1) is 10.2. The second-order valence-corrected chi connectivity index (χ2v) is 7.52. The summed E-state index contributed by atoms with van der Waals surface area (Å²) in [6.45, 7) is 7.30. The van der Waals surface area contributed by atoms with Gasteiger partial charge in [-0.2, -0.15) is 0 Å². The number of likely N-dealkylation sites (tertiary alicyclic amines) is 1. The molecule has 5 atom stereocenters. The van der Waals surface area contributed by atoms with Gasteiger partial charge < -0.3 is 5.11 Å². The van der Waals surface area contributed by atoms with Gasteiger partial charge in [0.1, 0.15) is 5.75 Å². The number of nitrogens with zero attached hydrogens (tertiary/aromatic N) is 1. The number of phenolic OH excluding ortho intramolecular Hbond substituents is 1. The first-order valence-corrected chi connectivity index (χ1v) is 8.75. The maximum Gasteiger partial charge on any atom is 0.115 e. The van der Waals surface area contributed by atoms with Gasteiger partial charge in [0.05, 0.1) is 0 Å². The quantitative estimate of drug-likeness (QED) is 0.893. The van der Waals surface area contributed by atoms with Gasteiger partial charge in [-0.1, -0.05) is 19.9 Å². The van der Waals surface area contributed by atoms with Crippen molar-refractivity contribution in [1.82, 2.24) is 4.90 Å². The molecular weight excluding hydrogens is 258 g/mol. The molecule has 1 saturated heterocycles. The molecule has 1 aromatic rings. The fourth-order valence-corrected chi connectivity index (χ4v) is 5.43. The van der Waals surface area contributed by atoms with Gasteiger partial charge in [0.15, 0.2) is 0 Å². The molecule has 0 radical (unpaired) electrons. The van der Waals surface area contributed by atoms with E-state index in [9.17, 15) is 5.11 Å². The molecule has 21 heavy (non-hydrogen) atoms. The molecule has 1 saturated carbocycles. The minimum Gasteiger partial charge on any atom is -0.508 e. The lowest BCUT2D eigenvalue weighted by Crippen LogP contribution is -2.60. The molecule has 5 unspecified atom stereocenters. The molecule has 2 fully saturated rings. The monoisotopic (exact) mass is 285 g/mol. The minimum atomic E-state index is 0.436. The standard InChI is InChI=1S/C19H27NO/c1-3-8-20-11-14-5-7-16(14)19-12(2)17-10-15(21)6-4-13(17)9-18(19)20/h4,6,10,12,14,16,18-19,21H,3,5,7-9,11H2,1-2H3. The summed E-state index contributed by atoms with van der Waals surface area (Å²) in [5, 5.41) is 9.86. The van der Waals surface area contributed by atoms with Crippen molar-refractivity contribution in [3.8, 4) is 5.75 Å². The molecule has 0 spiro atoms. The summed E-state index contributed by atoms with van der Waals surface area (Å²) in [7, 11) is 0. The lowest BCUT2D eigenvalue weighted by atomic mass is 9.55. The Balaban J connectivity index is 1.72. The van der Waals surface area contributed by atoms with Crippen molar-refractivity contribution in [2.24, 2.45) is 17.8 Å². The van der Waals surface area contributed by atoms with Crippen LogP contribution in [0.3, 0.4) is 0 Å². The summed E-state index contributed by atoms with van der Waals surface area (Å²) in [4.78, 5) is 2.79. The number of fused-ring (bicyclic) bond motifs is 4. The van der Waals surface area contributed by atoms with Crippen LogP contribution in [0.5, 0.6) is 5.75 Å². The topological polar surface area (TPSA) is 23.5 Å². The van der Waals surface area contributed by atoms with Crippen LogP contribution in [0.1, 0.15) is 50.2 Å². The third-order valence-electron chi connectivity index (χ3n) is 6.49. The maximum atomic E-state index is 9.86. The summed E-state index contributed by atoms with van der Waals surface area (Å²) in [6, 6.07) is 6.79. The number of piperidine rings is 1. The van der Waals surface area contributed by atoms with E-state index in [-0.39, 0.29) is 0 Å². The van der Waals surface area contributed by atoms with Crippen molar-refractivity contribution in [1.29, 1.82) is 0 Å². The molecule has 2 aliphatic carbocycles. The Kier molecular flexibility index (Phi) is 3.25. The van der Waals surface area contributed by atoms with Gasteiger partial charge in [-0.05, 0) is 79.2 Å². The Morgan fingerprint density at radius 2 is 2.14 bits per heavy atom. The molecule has 3 aliphatic rings. The van der Waals surface area contributed by atoms with Gasteiger partial charge in [-0.3, -0.25) is 4.90 Å². The molecule has 2 heteroatoms. The molecule has 1 aliphatic heterocycles. The lowest BCUT2D eigenvalue weighted by Gasteiger charge is -2.58. The molecule has 114 valence electrons. The van der Waals surface area contributed by atoms with Gasteiger partial charge >= 0.3 is 0 Å². The van der Waals surface area contributed by atoms with Crippen molar-refractivity contribution in [3.05, 3.63) is 29.3 Å². The van der Waals surface area contributed by atoms with Crippen LogP contribution in [0.2, 0.25) is 0 Å². The molecule has 0 bridgehead atoms. The van der Waals surface area contributed by atoms with E-state index in [0.29, 0.717) is 11.7 Å². The average Bonchev–Trinajstić information content (AvgIpc) is 2.44. The molecule has 0 aromatic heterocycles. The lowest BCUT2D eigenvalue weighted by molar-refractivity contribution is -0.0624. The largest absolute Gasteiger partial charge is 0.508 e. The van der Waals surface area contributed by atoms with Crippen LogP contribution in [0.25, 0.3) is 0 Å². The Hall–Kier alpha value is -1.02. The summed E-state index contributed by atoms with van der Waals surface area (Å²) >= 11 is 0. The SMILES string of the molecule is CCCN1CC2CCC2C2C(C)c3cc(O)ccc3CC21. The number of rotatable bonds is 2. The van der Waals surface area contributed by atoms with Gasteiger partial charge in [0.25, 0.3) is 0 Å². The van der Waals surface area contributed by atoms with Crippen LogP contribution in [-0.2, 0) is 6.42 Å². The summed E-state index contributed by atoms with van der Waals surface area (Å²) in [5.74, 6) is 3.72. The fraction of sp³-hybridized carbons (Fsp3) is 0.684. The third-order valence-corrected chi connectivity index (χ3v) is 6.49. The molecular formula is C19H27NO. The van der Waals surface area contributed by atoms with E-state index in [1.54, 1.807) is 0 Å². The highest BCUT2D eigenvalue weighted by Gasteiger charge is 2.51. The highest BCUT2D eigenvalue weighted by atomic mass is 16.3. The van der Waals surface area contributed by atoms with Crippen molar-refractivity contribution >= 4 is 0 Å². The summed E-state index contributed by atoms with van der Waals surface area (Å²) in [5.41, 5.74) is 2.89. The Labute approximate surface area is 128 Å². The van der Waals surface area contributed by atoms with E-state index >= 15 is 0 Å². The molecule has 1 aromatic carbocycles. The van der Waals surface area contributed by atoms with Crippen molar-refractivity contribution in [3.63, 3.8) is 0 Å². The van der Waals surface area contributed by atoms with Crippen LogP contribution < -0.4 is 0 Å². The van der Waals surface area contributed by atoms with Crippen LogP contribution in [-0.4, -0.2) is 29.1 Å². The normalized spacial score (nSPS) is 38.1. The smallest absolute Gasteiger partial charge is 0.115 e. The van der Waals surface area contributed by atoms with Gasteiger partial charge in [-0.25, -0.2) is 0 Å². The van der Waals surface area contributed by atoms with Crippen LogP contribution >= 0.6 is 0 Å². The first-order valence-electron chi connectivity index (χ1n) is 8.75. The zero-order chi connectivity index (χ0) is 14.6. The maximum absolute atomic E-state index is 9.86. The first kappa shape index (κ1) is 13.6. The Morgan fingerprint density at radius 1 is 1.29 bits per heavy atom. The van der Waals surface area contributed by atoms with Crippen molar-refractivity contribution in [2.45, 2.75) is 51.5 Å². The second kappa shape index (κ2) is 5.01. The van der Waals surface area contributed by atoms with Crippen molar-refractivity contribution < 1.29 is 5.11 Å². The highest BCUT2D eigenvalue weighted by Crippen LogP contribution is 2.54. The Morgan fingerprint density at radius 3 is 2.86 bits per heavy atom. The van der Waals surface area contributed by atoms with Gasteiger partial charge in [0, 0.05) is 12.6 Å². The van der Waals surface area contributed by atoms with E-state index in [1.807, 2.05) is 12.1 Å². The number of phenols is 1. The van der Waals surface area contributed by atoms with Crippen molar-refractivity contribution in [2.75, 3.05) is 13.1 Å². The minimum absolute atomic E-state index is 0.436. The molecule has 4 rings (SSSR count). The average molecular weight is 285 g/mol. The van der Waals surface area contributed by atoms with E-state index in [1.165, 1.54) is 49.9 Å². The summed E-state index contributed by atoms with van der Waals surface area (Å²) < 4.78 is 0. The number of benzene rings is 1. The molecule has 2 nitrogen and oxygen atoms in total. The van der Waals surface area contributed by atoms with E-state index in [2.05, 4.69) is 24.8 Å². The van der Waals surface area contributed by atoms with E-state index in [4.69, 9.17) is 0 Å². The highest BCUT2D eigenvalue weighted by molar-refractivity contribution is 5.40. The van der Waals surface area contributed by atoms with E-state index < -0.39 is 0 Å². The van der Waals surface area contributed by atoms with Gasteiger partial charge in [-0.15, -0.1) is 0 Å². The molecule has 1 heterocycles. The number of hydrogen-bond donors (Lipinski definition) is 1. The zero-order valence-corrected chi connectivity index (χ0v) is 13.3. The Bertz CT molecular complexity index is 540.